The molecule has 0 spiro atoms. The normalized spacial score (nSPS) is 15.4. The molecule has 2 heterocycles. The lowest BCUT2D eigenvalue weighted by molar-refractivity contribution is -0.144. The highest BCUT2D eigenvalue weighted by Gasteiger charge is 2.27. The molecule has 1 aliphatic rings. The summed E-state index contributed by atoms with van der Waals surface area (Å²) in [6.45, 7) is 2.67. The molecule has 130 valence electrons. The van der Waals surface area contributed by atoms with E-state index in [-0.39, 0.29) is 30.1 Å². The minimum absolute atomic E-state index is 0.105. The first-order chi connectivity index (χ1) is 11.9. The fourth-order valence-corrected chi connectivity index (χ4v) is 2.41. The van der Waals surface area contributed by atoms with Gasteiger partial charge in [0, 0.05) is 17.3 Å². The van der Waals surface area contributed by atoms with Crippen molar-refractivity contribution in [3.8, 4) is 5.88 Å². The third-order valence-electron chi connectivity index (χ3n) is 3.80. The number of benzene rings is 1. The zero-order chi connectivity index (χ0) is 18.0. The molecule has 0 radical (unpaired) electrons. The molecule has 0 bridgehead atoms. The quantitative estimate of drug-likeness (QED) is 0.629. The van der Waals surface area contributed by atoms with E-state index in [1.54, 1.807) is 32.0 Å². The van der Waals surface area contributed by atoms with E-state index in [4.69, 9.17) is 14.0 Å². The zero-order valence-corrected chi connectivity index (χ0v) is 13.7. The number of aryl methyl sites for hydroxylation is 1. The number of fused-ring (bicyclic) bond motifs is 1. The molecule has 0 aliphatic carbocycles. The van der Waals surface area contributed by atoms with Crippen molar-refractivity contribution >= 4 is 23.3 Å². The second kappa shape index (κ2) is 6.76. The number of carbonyl (C=O) groups excluding carboxylic acids is 3. The monoisotopic (exact) mass is 344 g/mol. The second-order valence-electron chi connectivity index (χ2n) is 5.66. The number of hydrogen-bond acceptors (Lipinski definition) is 7. The van der Waals surface area contributed by atoms with Crippen LogP contribution in [0.1, 0.15) is 34.5 Å². The van der Waals surface area contributed by atoms with Crippen LogP contribution in [0.3, 0.4) is 0 Å². The molecule has 8 nitrogen and oxygen atoms in total. The molecule has 2 aromatic rings. The third-order valence-corrected chi connectivity index (χ3v) is 3.80. The predicted molar refractivity (Wildman–Crippen MR) is 85.5 cm³/mol. The smallest absolute Gasteiger partial charge is 0.344 e. The van der Waals surface area contributed by atoms with Gasteiger partial charge in [0.25, 0.3) is 5.88 Å². The summed E-state index contributed by atoms with van der Waals surface area (Å²) in [5.41, 5.74) is 1.83. The topological polar surface area (TPSA) is 108 Å². The van der Waals surface area contributed by atoms with Crippen LogP contribution in [-0.2, 0) is 14.3 Å². The number of rotatable bonds is 6. The van der Waals surface area contributed by atoms with Gasteiger partial charge in [0.1, 0.15) is 5.76 Å². The van der Waals surface area contributed by atoms with Crippen molar-refractivity contribution in [2.45, 2.75) is 19.8 Å². The molecule has 1 N–H and O–H groups in total. The molecular formula is C17H16N2O6. The Morgan fingerprint density at radius 3 is 2.80 bits per heavy atom. The average Bonchev–Trinajstić information content (AvgIpc) is 3.14. The van der Waals surface area contributed by atoms with Crippen LogP contribution in [0.5, 0.6) is 5.88 Å². The Kier molecular flexibility index (Phi) is 4.51. The summed E-state index contributed by atoms with van der Waals surface area (Å²) in [5.74, 6) is -0.751. The van der Waals surface area contributed by atoms with Gasteiger partial charge in [-0.1, -0.05) is 0 Å². The van der Waals surface area contributed by atoms with Gasteiger partial charge in [-0.05, 0) is 42.8 Å². The molecule has 25 heavy (non-hydrogen) atoms. The molecule has 1 aliphatic heterocycles. The standard InChI is InChI=1S/C17H16N2O6/c1-9-5-15(19-25-9)23-8-16(21)24-7-14(20)11-3-4-13-12(6-11)10(2)17(22)18-13/h3-6,10H,7-8H2,1-2H3,(H,18,22)/t10-/m0/s1. The number of amides is 1. The number of ketones is 1. The van der Waals surface area contributed by atoms with Crippen LogP contribution < -0.4 is 10.1 Å². The Morgan fingerprint density at radius 1 is 1.28 bits per heavy atom. The first-order valence-corrected chi connectivity index (χ1v) is 7.64. The van der Waals surface area contributed by atoms with Crippen molar-refractivity contribution in [3.05, 3.63) is 41.2 Å². The summed E-state index contributed by atoms with van der Waals surface area (Å²) in [7, 11) is 0. The van der Waals surface area contributed by atoms with E-state index in [0.29, 0.717) is 17.0 Å². The van der Waals surface area contributed by atoms with E-state index < -0.39 is 12.6 Å². The number of hydrogen-bond donors (Lipinski definition) is 1. The Hall–Kier alpha value is -3.16. The fourth-order valence-electron chi connectivity index (χ4n) is 2.41. The molecule has 0 unspecified atom stereocenters. The minimum Gasteiger partial charge on any atom is -0.463 e. The SMILES string of the molecule is Cc1cc(OCC(=O)OCC(=O)c2ccc3c(c2)[C@H](C)C(=O)N3)no1. The fraction of sp³-hybridized carbons (Fsp3) is 0.294. The second-order valence-corrected chi connectivity index (χ2v) is 5.66. The summed E-state index contributed by atoms with van der Waals surface area (Å²) >= 11 is 0. The summed E-state index contributed by atoms with van der Waals surface area (Å²) in [4.78, 5) is 35.4. The van der Waals surface area contributed by atoms with Crippen molar-refractivity contribution < 1.29 is 28.4 Å². The van der Waals surface area contributed by atoms with E-state index in [2.05, 4.69) is 10.5 Å². The van der Waals surface area contributed by atoms with E-state index in [9.17, 15) is 14.4 Å². The molecular weight excluding hydrogens is 328 g/mol. The Bertz CT molecular complexity index is 841. The number of carbonyl (C=O) groups is 3. The molecule has 1 amide bonds. The molecule has 8 heteroatoms. The molecule has 1 aromatic carbocycles. The lowest BCUT2D eigenvalue weighted by Crippen LogP contribution is -2.19. The maximum absolute atomic E-state index is 12.2. The lowest BCUT2D eigenvalue weighted by Gasteiger charge is -2.07. The van der Waals surface area contributed by atoms with Crippen molar-refractivity contribution in [1.82, 2.24) is 5.16 Å². The van der Waals surface area contributed by atoms with Gasteiger partial charge in [-0.3, -0.25) is 9.59 Å². The van der Waals surface area contributed by atoms with Gasteiger partial charge in [-0.2, -0.15) is 0 Å². The number of Topliss-reactive ketones (excluding diaryl/α,β-unsaturated/α-hetero) is 1. The Labute approximate surface area is 143 Å². The van der Waals surface area contributed by atoms with E-state index in [1.165, 1.54) is 6.07 Å². The molecule has 3 rings (SSSR count). The number of nitrogens with one attached hydrogen (secondary N) is 1. The highest BCUT2D eigenvalue weighted by molar-refractivity contribution is 6.05. The minimum atomic E-state index is -0.694. The zero-order valence-electron chi connectivity index (χ0n) is 13.7. The number of nitrogens with zero attached hydrogens (tertiary/aromatic N) is 1. The number of esters is 1. The molecule has 1 aromatic heterocycles. The van der Waals surface area contributed by atoms with Gasteiger partial charge in [0.05, 0.1) is 5.92 Å². The van der Waals surface area contributed by atoms with Crippen LogP contribution in [0.15, 0.2) is 28.8 Å². The van der Waals surface area contributed by atoms with Gasteiger partial charge in [0.15, 0.2) is 19.0 Å². The first kappa shape index (κ1) is 16.7. The van der Waals surface area contributed by atoms with Crippen LogP contribution in [0.25, 0.3) is 0 Å². The Balaban J connectivity index is 1.52. The summed E-state index contributed by atoms with van der Waals surface area (Å²) in [6.07, 6.45) is 0. The van der Waals surface area contributed by atoms with E-state index >= 15 is 0 Å². The molecule has 0 saturated carbocycles. The van der Waals surface area contributed by atoms with Gasteiger partial charge in [0.2, 0.25) is 5.91 Å². The molecule has 0 saturated heterocycles. The summed E-state index contributed by atoms with van der Waals surface area (Å²) in [6, 6.07) is 6.42. The van der Waals surface area contributed by atoms with Crippen LogP contribution in [0.2, 0.25) is 0 Å². The van der Waals surface area contributed by atoms with Crippen molar-refractivity contribution in [2.24, 2.45) is 0 Å². The third kappa shape index (κ3) is 3.68. The predicted octanol–water partition coefficient (Wildman–Crippen LogP) is 1.84. The van der Waals surface area contributed by atoms with Gasteiger partial charge in [-0.15, -0.1) is 0 Å². The average molecular weight is 344 g/mol. The van der Waals surface area contributed by atoms with Crippen LogP contribution in [0.4, 0.5) is 5.69 Å². The van der Waals surface area contributed by atoms with Crippen molar-refractivity contribution in [2.75, 3.05) is 18.5 Å². The number of ether oxygens (including phenoxy) is 2. The molecule has 1 atom stereocenters. The van der Waals surface area contributed by atoms with E-state index in [1.807, 2.05) is 0 Å². The lowest BCUT2D eigenvalue weighted by atomic mass is 9.99. The largest absolute Gasteiger partial charge is 0.463 e. The highest BCUT2D eigenvalue weighted by Crippen LogP contribution is 2.32. The van der Waals surface area contributed by atoms with Crippen molar-refractivity contribution in [3.63, 3.8) is 0 Å². The Morgan fingerprint density at radius 2 is 2.08 bits per heavy atom. The van der Waals surface area contributed by atoms with Gasteiger partial charge >= 0.3 is 5.97 Å². The van der Waals surface area contributed by atoms with Crippen molar-refractivity contribution in [1.29, 1.82) is 0 Å². The maximum atomic E-state index is 12.2. The summed E-state index contributed by atoms with van der Waals surface area (Å²) in [5, 5.41) is 6.30. The first-order valence-electron chi connectivity index (χ1n) is 7.64. The number of anilines is 1. The number of aromatic nitrogens is 1. The van der Waals surface area contributed by atoms with Gasteiger partial charge in [-0.25, -0.2) is 4.79 Å². The highest BCUT2D eigenvalue weighted by atomic mass is 16.6. The maximum Gasteiger partial charge on any atom is 0.344 e. The molecule has 0 fully saturated rings. The summed E-state index contributed by atoms with van der Waals surface area (Å²) < 4.78 is 14.8. The van der Waals surface area contributed by atoms with Gasteiger partial charge < -0.3 is 19.3 Å². The van der Waals surface area contributed by atoms with Crippen LogP contribution in [0, 0.1) is 6.92 Å². The van der Waals surface area contributed by atoms with E-state index in [0.717, 1.165) is 5.56 Å². The van der Waals surface area contributed by atoms with Crippen LogP contribution in [-0.4, -0.2) is 36.0 Å². The van der Waals surface area contributed by atoms with Crippen LogP contribution >= 0.6 is 0 Å².